The Morgan fingerprint density at radius 3 is 2.79 bits per heavy atom. The summed E-state index contributed by atoms with van der Waals surface area (Å²) in [4.78, 5) is 41.9. The first-order chi connectivity index (χ1) is 11.5. The first-order valence-corrected chi connectivity index (χ1v) is 8.12. The number of rotatable bonds is 3. The monoisotopic (exact) mass is 330 g/mol. The number of nitrogens with one attached hydrogen (secondary N) is 1. The summed E-state index contributed by atoms with van der Waals surface area (Å²) in [7, 11) is 3.46. The molecule has 0 spiro atoms. The highest BCUT2D eigenvalue weighted by Gasteiger charge is 2.35. The van der Waals surface area contributed by atoms with Crippen LogP contribution in [0.4, 0.5) is 11.4 Å². The van der Waals surface area contributed by atoms with Crippen LogP contribution >= 0.6 is 0 Å². The number of likely N-dealkylation sites (tertiary alicyclic amines) is 1. The Hall–Kier alpha value is -2.41. The number of likely N-dealkylation sites (N-methyl/N-ethyl adjacent to an activating group) is 1. The van der Waals surface area contributed by atoms with Crippen LogP contribution in [0.15, 0.2) is 24.3 Å². The number of amides is 3. The van der Waals surface area contributed by atoms with Crippen LogP contribution < -0.4 is 10.2 Å². The average Bonchev–Trinajstić information content (AvgIpc) is 3.01. The van der Waals surface area contributed by atoms with Gasteiger partial charge >= 0.3 is 0 Å². The molecule has 1 aromatic carbocycles. The molecule has 0 aromatic heterocycles. The summed E-state index contributed by atoms with van der Waals surface area (Å²) in [6.45, 7) is 0.875. The highest BCUT2D eigenvalue weighted by Crippen LogP contribution is 2.29. The predicted octanol–water partition coefficient (Wildman–Crippen LogP) is 0.524. The summed E-state index contributed by atoms with van der Waals surface area (Å²) >= 11 is 0. The molecule has 7 nitrogen and oxygen atoms in total. The number of fused-ring (bicyclic) bond motifs is 1. The number of hydrogen-bond donors (Lipinski definition) is 1. The molecule has 2 aliphatic rings. The maximum atomic E-state index is 12.8. The van der Waals surface area contributed by atoms with Gasteiger partial charge in [-0.25, -0.2) is 0 Å². The van der Waals surface area contributed by atoms with Crippen molar-refractivity contribution in [2.45, 2.75) is 18.9 Å². The molecule has 1 N–H and O–H groups in total. The van der Waals surface area contributed by atoms with Gasteiger partial charge in [0.1, 0.15) is 6.54 Å². The molecule has 1 aromatic rings. The van der Waals surface area contributed by atoms with Crippen LogP contribution in [0.1, 0.15) is 12.8 Å². The molecule has 3 rings (SSSR count). The molecule has 2 aliphatic heterocycles. The maximum Gasteiger partial charge on any atom is 0.244 e. The van der Waals surface area contributed by atoms with E-state index >= 15 is 0 Å². The molecule has 0 radical (unpaired) electrons. The van der Waals surface area contributed by atoms with E-state index in [1.807, 2.05) is 23.1 Å². The zero-order chi connectivity index (χ0) is 17.3. The quantitative estimate of drug-likeness (QED) is 0.877. The lowest BCUT2D eigenvalue weighted by molar-refractivity contribution is -0.134. The Bertz CT molecular complexity index is 674. The van der Waals surface area contributed by atoms with Crippen molar-refractivity contribution in [3.05, 3.63) is 24.3 Å². The van der Waals surface area contributed by atoms with Gasteiger partial charge in [-0.2, -0.15) is 0 Å². The molecular formula is C17H22N4O3. The topological polar surface area (TPSA) is 73.0 Å². The highest BCUT2D eigenvalue weighted by atomic mass is 16.2. The van der Waals surface area contributed by atoms with Crippen molar-refractivity contribution in [2.24, 2.45) is 0 Å². The molecule has 128 valence electrons. The van der Waals surface area contributed by atoms with Crippen LogP contribution in [0.25, 0.3) is 0 Å². The molecule has 1 fully saturated rings. The fraction of sp³-hybridized carbons (Fsp3) is 0.471. The van der Waals surface area contributed by atoms with E-state index in [-0.39, 0.29) is 36.9 Å². The van der Waals surface area contributed by atoms with Crippen molar-refractivity contribution < 1.29 is 14.4 Å². The number of carbonyl (C=O) groups is 3. The van der Waals surface area contributed by atoms with Crippen LogP contribution in [0.2, 0.25) is 0 Å². The predicted molar refractivity (Wildman–Crippen MR) is 90.7 cm³/mol. The summed E-state index contributed by atoms with van der Waals surface area (Å²) < 4.78 is 0. The Kier molecular flexibility index (Phi) is 4.53. The maximum absolute atomic E-state index is 12.8. The average molecular weight is 330 g/mol. The van der Waals surface area contributed by atoms with E-state index in [4.69, 9.17) is 0 Å². The van der Waals surface area contributed by atoms with E-state index in [1.165, 1.54) is 4.90 Å². The van der Waals surface area contributed by atoms with Gasteiger partial charge in [-0.3, -0.25) is 24.2 Å². The molecule has 1 atom stereocenters. The van der Waals surface area contributed by atoms with Gasteiger partial charge < -0.3 is 10.2 Å². The Morgan fingerprint density at radius 1 is 1.29 bits per heavy atom. The minimum atomic E-state index is -0.252. The van der Waals surface area contributed by atoms with Crippen molar-refractivity contribution >= 4 is 29.1 Å². The van der Waals surface area contributed by atoms with Crippen molar-refractivity contribution in [1.29, 1.82) is 0 Å². The smallest absolute Gasteiger partial charge is 0.244 e. The lowest BCUT2D eigenvalue weighted by atomic mass is 10.1. The molecule has 0 saturated carbocycles. The van der Waals surface area contributed by atoms with Crippen LogP contribution in [-0.4, -0.2) is 67.3 Å². The third-order valence-electron chi connectivity index (χ3n) is 4.50. The van der Waals surface area contributed by atoms with Crippen molar-refractivity contribution in [3.63, 3.8) is 0 Å². The van der Waals surface area contributed by atoms with E-state index < -0.39 is 0 Å². The zero-order valence-corrected chi connectivity index (χ0v) is 14.0. The van der Waals surface area contributed by atoms with Gasteiger partial charge in [-0.1, -0.05) is 12.1 Å². The van der Waals surface area contributed by atoms with Gasteiger partial charge in [-0.05, 0) is 31.5 Å². The van der Waals surface area contributed by atoms with Gasteiger partial charge in [0.2, 0.25) is 17.7 Å². The fourth-order valence-electron chi connectivity index (χ4n) is 3.31. The molecule has 0 unspecified atom stereocenters. The molecule has 0 bridgehead atoms. The van der Waals surface area contributed by atoms with Crippen molar-refractivity contribution in [2.75, 3.05) is 43.9 Å². The Morgan fingerprint density at radius 2 is 2.04 bits per heavy atom. The van der Waals surface area contributed by atoms with Crippen molar-refractivity contribution in [1.82, 2.24) is 9.80 Å². The number of para-hydroxylation sites is 2. The largest absolute Gasteiger partial charge is 0.347 e. The van der Waals surface area contributed by atoms with Crippen LogP contribution in [0, 0.1) is 0 Å². The normalized spacial score (nSPS) is 20.5. The number of nitrogens with zero attached hydrogens (tertiary/aromatic N) is 3. The number of anilines is 2. The first-order valence-electron chi connectivity index (χ1n) is 8.12. The SMILES string of the molecule is CN(C)C(=O)[C@H]1CCCN1CC(=O)N1CC(=O)Nc2ccccc21. The van der Waals surface area contributed by atoms with Gasteiger partial charge in [-0.15, -0.1) is 0 Å². The highest BCUT2D eigenvalue weighted by molar-refractivity contribution is 6.10. The number of benzene rings is 1. The Labute approximate surface area is 141 Å². The zero-order valence-electron chi connectivity index (χ0n) is 14.0. The van der Waals surface area contributed by atoms with Crippen LogP contribution in [0.5, 0.6) is 0 Å². The summed E-state index contributed by atoms with van der Waals surface area (Å²) in [6, 6.07) is 7.00. The summed E-state index contributed by atoms with van der Waals surface area (Å²) in [6.07, 6.45) is 1.66. The van der Waals surface area contributed by atoms with E-state index in [0.717, 1.165) is 19.4 Å². The second-order valence-corrected chi connectivity index (χ2v) is 6.41. The van der Waals surface area contributed by atoms with E-state index in [2.05, 4.69) is 5.32 Å². The third-order valence-corrected chi connectivity index (χ3v) is 4.50. The molecule has 0 aliphatic carbocycles. The minimum Gasteiger partial charge on any atom is -0.347 e. The van der Waals surface area contributed by atoms with Crippen LogP contribution in [-0.2, 0) is 14.4 Å². The lowest BCUT2D eigenvalue weighted by Gasteiger charge is -2.32. The number of carbonyl (C=O) groups excluding carboxylic acids is 3. The summed E-state index contributed by atoms with van der Waals surface area (Å²) in [5.41, 5.74) is 1.35. The summed E-state index contributed by atoms with van der Waals surface area (Å²) in [5, 5.41) is 2.77. The van der Waals surface area contributed by atoms with Crippen LogP contribution in [0.3, 0.4) is 0 Å². The lowest BCUT2D eigenvalue weighted by Crippen LogP contribution is -2.50. The second kappa shape index (κ2) is 6.60. The molecule has 3 amide bonds. The van der Waals surface area contributed by atoms with Crippen molar-refractivity contribution in [3.8, 4) is 0 Å². The van der Waals surface area contributed by atoms with Gasteiger partial charge in [0.05, 0.1) is 24.0 Å². The minimum absolute atomic E-state index is 0.00990. The van der Waals surface area contributed by atoms with Gasteiger partial charge in [0.15, 0.2) is 0 Å². The second-order valence-electron chi connectivity index (χ2n) is 6.41. The molecule has 2 heterocycles. The van der Waals surface area contributed by atoms with Gasteiger partial charge in [0.25, 0.3) is 0 Å². The molecule has 1 saturated heterocycles. The molecule has 24 heavy (non-hydrogen) atoms. The first kappa shape index (κ1) is 16.4. The standard InChI is InChI=1S/C17H22N4O3/c1-19(2)17(24)14-8-5-9-20(14)11-16(23)21-10-15(22)18-12-6-3-4-7-13(12)21/h3-4,6-7,14H,5,8-11H2,1-2H3,(H,18,22)/t14-/m1/s1. The van der Waals surface area contributed by atoms with Gasteiger partial charge in [0, 0.05) is 14.1 Å². The summed E-state index contributed by atoms with van der Waals surface area (Å²) in [5.74, 6) is -0.336. The molecular weight excluding hydrogens is 308 g/mol. The van der Waals surface area contributed by atoms with E-state index in [9.17, 15) is 14.4 Å². The fourth-order valence-corrected chi connectivity index (χ4v) is 3.31. The molecule has 7 heteroatoms. The van der Waals surface area contributed by atoms with E-state index in [0.29, 0.717) is 11.4 Å². The van der Waals surface area contributed by atoms with E-state index in [1.54, 1.807) is 25.1 Å². The third kappa shape index (κ3) is 3.12. The number of hydrogen-bond acceptors (Lipinski definition) is 4. The Balaban J connectivity index is 1.75.